The van der Waals surface area contributed by atoms with Crippen LogP contribution in [0.3, 0.4) is 0 Å². The molecule has 0 aliphatic carbocycles. The molecular formula is C26H28F4N2O4. The summed E-state index contributed by atoms with van der Waals surface area (Å²) in [5.41, 5.74) is -3.34. The van der Waals surface area contributed by atoms with Crippen molar-refractivity contribution in [1.29, 1.82) is 0 Å². The van der Waals surface area contributed by atoms with Crippen LogP contribution in [0.5, 0.6) is 5.75 Å². The van der Waals surface area contributed by atoms with E-state index in [1.54, 1.807) is 12.1 Å². The van der Waals surface area contributed by atoms with Gasteiger partial charge in [-0.15, -0.1) is 0 Å². The van der Waals surface area contributed by atoms with Crippen molar-refractivity contribution >= 4 is 11.8 Å². The number of benzene rings is 2. The number of piperidine rings is 2. The van der Waals surface area contributed by atoms with Gasteiger partial charge in [0.15, 0.2) is 0 Å². The first-order valence-corrected chi connectivity index (χ1v) is 11.6. The Balaban J connectivity index is 1.64. The number of carbonyl (C=O) groups is 2. The van der Waals surface area contributed by atoms with Gasteiger partial charge >= 0.3 is 6.18 Å². The molecule has 2 aromatic rings. The van der Waals surface area contributed by atoms with Crippen molar-refractivity contribution in [2.45, 2.75) is 37.0 Å². The summed E-state index contributed by atoms with van der Waals surface area (Å²) in [6.45, 7) is 0.309. The Morgan fingerprint density at radius 2 is 1.75 bits per heavy atom. The van der Waals surface area contributed by atoms with Crippen molar-refractivity contribution in [1.82, 2.24) is 10.2 Å². The number of rotatable bonds is 5. The van der Waals surface area contributed by atoms with Gasteiger partial charge in [0.25, 0.3) is 11.5 Å². The Morgan fingerprint density at radius 1 is 1.08 bits per heavy atom. The van der Waals surface area contributed by atoms with Crippen molar-refractivity contribution in [2.24, 2.45) is 5.41 Å². The van der Waals surface area contributed by atoms with Gasteiger partial charge in [0.1, 0.15) is 11.6 Å². The minimum absolute atomic E-state index is 0.0140. The van der Waals surface area contributed by atoms with Crippen LogP contribution in [0.2, 0.25) is 0 Å². The molecule has 194 valence electrons. The topological polar surface area (TPSA) is 67.9 Å². The molecule has 36 heavy (non-hydrogen) atoms. The minimum Gasteiger partial charge on any atom is -0.496 e. The Labute approximate surface area is 206 Å². The molecule has 2 saturated heterocycles. The highest BCUT2D eigenvalue weighted by atomic mass is 19.4. The SMILES string of the molecule is COc1cc(F)ccc1C1CNC(=O)CC12CCN(C(=O)[C@](OC)(c1ccccc1)C(F)(F)F)CC2. The lowest BCUT2D eigenvalue weighted by molar-refractivity contribution is -0.271. The third-order valence-corrected chi connectivity index (χ3v) is 7.56. The summed E-state index contributed by atoms with van der Waals surface area (Å²) in [5, 5.41) is 2.84. The lowest BCUT2D eigenvalue weighted by atomic mass is 9.62. The normalized spacial score (nSPS) is 21.6. The quantitative estimate of drug-likeness (QED) is 0.617. The first kappa shape index (κ1) is 25.9. The van der Waals surface area contributed by atoms with Gasteiger partial charge in [-0.1, -0.05) is 36.4 Å². The van der Waals surface area contributed by atoms with Gasteiger partial charge in [0.05, 0.1) is 7.11 Å². The highest BCUT2D eigenvalue weighted by Gasteiger charge is 2.64. The molecule has 4 rings (SSSR count). The number of hydrogen-bond donors (Lipinski definition) is 1. The predicted molar refractivity (Wildman–Crippen MR) is 123 cm³/mol. The number of alkyl halides is 3. The second kappa shape index (κ2) is 9.72. The third-order valence-electron chi connectivity index (χ3n) is 7.56. The van der Waals surface area contributed by atoms with Gasteiger partial charge in [-0.05, 0) is 29.9 Å². The fourth-order valence-corrected chi connectivity index (χ4v) is 5.66. The highest BCUT2D eigenvalue weighted by molar-refractivity contribution is 5.88. The molecule has 0 bridgehead atoms. The maximum absolute atomic E-state index is 14.4. The minimum atomic E-state index is -5.00. The van der Waals surface area contributed by atoms with Gasteiger partial charge in [-0.25, -0.2) is 4.39 Å². The van der Waals surface area contributed by atoms with Crippen LogP contribution in [-0.4, -0.2) is 56.7 Å². The van der Waals surface area contributed by atoms with E-state index in [9.17, 15) is 27.2 Å². The van der Waals surface area contributed by atoms with Gasteiger partial charge in [0.2, 0.25) is 5.91 Å². The Kier molecular flexibility index (Phi) is 7.01. The molecule has 2 aromatic carbocycles. The fraction of sp³-hybridized carbons (Fsp3) is 0.462. The monoisotopic (exact) mass is 508 g/mol. The van der Waals surface area contributed by atoms with Crippen molar-refractivity contribution in [3.05, 3.63) is 65.5 Å². The number of methoxy groups -OCH3 is 2. The average Bonchev–Trinajstić information content (AvgIpc) is 2.85. The zero-order valence-corrected chi connectivity index (χ0v) is 20.0. The number of carbonyl (C=O) groups excluding carboxylic acids is 2. The molecular weight excluding hydrogens is 480 g/mol. The molecule has 0 saturated carbocycles. The number of amides is 2. The van der Waals surface area contributed by atoms with E-state index in [-0.39, 0.29) is 43.4 Å². The summed E-state index contributed by atoms with van der Waals surface area (Å²) in [6.07, 6.45) is -4.26. The number of nitrogens with one attached hydrogen (secondary N) is 1. The summed E-state index contributed by atoms with van der Waals surface area (Å²) in [6, 6.07) is 11.1. The van der Waals surface area contributed by atoms with Crippen LogP contribution in [0.25, 0.3) is 0 Å². The molecule has 0 aromatic heterocycles. The Bertz CT molecular complexity index is 1120. The van der Waals surface area contributed by atoms with Crippen LogP contribution >= 0.6 is 0 Å². The largest absolute Gasteiger partial charge is 0.496 e. The lowest BCUT2D eigenvalue weighted by Gasteiger charge is -2.50. The van der Waals surface area contributed by atoms with Crippen LogP contribution in [0.1, 0.15) is 36.3 Å². The molecule has 1 spiro atoms. The van der Waals surface area contributed by atoms with Crippen molar-refractivity contribution in [2.75, 3.05) is 33.9 Å². The fourth-order valence-electron chi connectivity index (χ4n) is 5.66. The molecule has 1 N–H and O–H groups in total. The van der Waals surface area contributed by atoms with Gasteiger partial charge < -0.3 is 19.7 Å². The van der Waals surface area contributed by atoms with Crippen LogP contribution in [0.15, 0.2) is 48.5 Å². The molecule has 2 aliphatic heterocycles. The summed E-state index contributed by atoms with van der Waals surface area (Å²) in [5.74, 6) is -1.73. The molecule has 2 atom stereocenters. The molecule has 2 amide bonds. The summed E-state index contributed by atoms with van der Waals surface area (Å²) < 4.78 is 67.4. The van der Waals surface area contributed by atoms with Crippen molar-refractivity contribution < 1.29 is 36.6 Å². The van der Waals surface area contributed by atoms with E-state index in [0.29, 0.717) is 24.2 Å². The zero-order chi connectivity index (χ0) is 26.1. The predicted octanol–water partition coefficient (Wildman–Crippen LogP) is 4.15. The summed E-state index contributed by atoms with van der Waals surface area (Å²) in [4.78, 5) is 27.0. The second-order valence-corrected chi connectivity index (χ2v) is 9.32. The van der Waals surface area contributed by atoms with Crippen LogP contribution < -0.4 is 10.1 Å². The summed E-state index contributed by atoms with van der Waals surface area (Å²) in [7, 11) is 2.31. The van der Waals surface area contributed by atoms with Crippen LogP contribution in [0, 0.1) is 11.2 Å². The summed E-state index contributed by atoms with van der Waals surface area (Å²) >= 11 is 0. The number of nitrogens with zero attached hydrogens (tertiary/aromatic N) is 1. The number of ether oxygens (including phenoxy) is 2. The molecule has 0 radical (unpaired) electrons. The van der Waals surface area contributed by atoms with E-state index in [0.717, 1.165) is 7.11 Å². The molecule has 2 aliphatic rings. The molecule has 2 heterocycles. The van der Waals surface area contributed by atoms with Gasteiger partial charge in [-0.3, -0.25) is 9.59 Å². The second-order valence-electron chi connectivity index (χ2n) is 9.32. The Morgan fingerprint density at radius 3 is 2.33 bits per heavy atom. The van der Waals surface area contributed by atoms with Crippen molar-refractivity contribution in [3.63, 3.8) is 0 Å². The van der Waals surface area contributed by atoms with E-state index in [4.69, 9.17) is 9.47 Å². The van der Waals surface area contributed by atoms with E-state index in [2.05, 4.69) is 5.32 Å². The molecule has 1 unspecified atom stereocenters. The number of halogens is 4. The third kappa shape index (κ3) is 4.31. The van der Waals surface area contributed by atoms with Crippen LogP contribution in [-0.2, 0) is 19.9 Å². The first-order valence-electron chi connectivity index (χ1n) is 11.6. The lowest BCUT2D eigenvalue weighted by Crippen LogP contribution is -2.60. The Hall–Kier alpha value is -3.14. The number of likely N-dealkylation sites (tertiary alicyclic amines) is 1. The van der Waals surface area contributed by atoms with Gasteiger partial charge in [-0.2, -0.15) is 13.2 Å². The van der Waals surface area contributed by atoms with Gasteiger partial charge in [0, 0.05) is 50.7 Å². The molecule has 6 nitrogen and oxygen atoms in total. The highest BCUT2D eigenvalue weighted by Crippen LogP contribution is 2.52. The standard InChI is InChI=1S/C26H28F4N2O4/c1-35-21-14-18(27)8-9-19(21)20-16-31-22(33)15-24(20)10-12-32(13-11-24)23(34)25(36-2,26(28,29)30)17-6-4-3-5-7-17/h3-9,14,20H,10-13,15-16H2,1-2H3,(H,31,33)/t20?,25-/m1/s1. The first-order chi connectivity index (χ1) is 17.1. The number of hydrogen-bond acceptors (Lipinski definition) is 4. The molecule has 2 fully saturated rings. The van der Waals surface area contributed by atoms with Crippen molar-refractivity contribution in [3.8, 4) is 5.75 Å². The zero-order valence-electron chi connectivity index (χ0n) is 20.0. The molecule has 10 heteroatoms. The van der Waals surface area contributed by atoms with E-state index in [1.807, 2.05) is 0 Å². The van der Waals surface area contributed by atoms with E-state index < -0.39 is 28.9 Å². The van der Waals surface area contributed by atoms with E-state index in [1.165, 1.54) is 48.4 Å². The van der Waals surface area contributed by atoms with Crippen LogP contribution in [0.4, 0.5) is 17.6 Å². The van der Waals surface area contributed by atoms with E-state index >= 15 is 0 Å². The average molecular weight is 509 g/mol. The smallest absolute Gasteiger partial charge is 0.430 e. The maximum Gasteiger partial charge on any atom is 0.430 e. The maximum atomic E-state index is 14.4.